The third-order valence-corrected chi connectivity index (χ3v) is 6.87. The molecule has 0 saturated heterocycles. The maximum atomic E-state index is 12.0. The molecule has 8 heteroatoms. The van der Waals surface area contributed by atoms with Gasteiger partial charge in [0.25, 0.3) is 0 Å². The highest BCUT2D eigenvalue weighted by Crippen LogP contribution is 2.20. The molecule has 0 aliphatic carbocycles. The Labute approximate surface area is 266 Å². The topological polar surface area (TPSA) is 87.8 Å². The molecule has 3 aromatic rings. The Bertz CT molecular complexity index is 1230. The van der Waals surface area contributed by atoms with E-state index in [0.717, 1.165) is 80.4 Å². The first-order valence-corrected chi connectivity index (χ1v) is 16.3. The number of benzene rings is 2. The lowest BCUT2D eigenvalue weighted by Gasteiger charge is -2.27. The van der Waals surface area contributed by atoms with Crippen LogP contribution in [0.4, 0.5) is 10.5 Å². The Balaban J connectivity index is 0.000000448. The maximum Gasteiger partial charge on any atom is 0.410 e. The number of nitrogens with zero attached hydrogens (tertiary/aromatic N) is 3. The van der Waals surface area contributed by atoms with Gasteiger partial charge in [-0.15, -0.1) is 0 Å². The molecule has 1 atom stereocenters. The van der Waals surface area contributed by atoms with E-state index >= 15 is 0 Å². The summed E-state index contributed by atoms with van der Waals surface area (Å²) in [6, 6.07) is 14.2. The molecule has 0 spiro atoms. The fourth-order valence-corrected chi connectivity index (χ4v) is 4.23. The Morgan fingerprint density at radius 2 is 1.77 bits per heavy atom. The van der Waals surface area contributed by atoms with Gasteiger partial charge in [0, 0.05) is 38.9 Å². The number of nitrogens with one attached hydrogen (secondary N) is 1. The van der Waals surface area contributed by atoms with Gasteiger partial charge in [0.05, 0.1) is 17.6 Å². The van der Waals surface area contributed by atoms with Crippen molar-refractivity contribution >= 4 is 29.1 Å². The molecule has 8 nitrogen and oxygen atoms in total. The molecule has 2 aromatic carbocycles. The van der Waals surface area contributed by atoms with E-state index in [-0.39, 0.29) is 6.09 Å². The molecular formula is C36H58N4O4. The third-order valence-electron chi connectivity index (χ3n) is 6.87. The van der Waals surface area contributed by atoms with Crippen LogP contribution >= 0.6 is 0 Å². The van der Waals surface area contributed by atoms with Gasteiger partial charge in [-0.05, 0) is 88.6 Å². The number of unbranched alkanes of at least 4 members (excludes halogenated alkanes) is 1. The zero-order chi connectivity index (χ0) is 33.1. The molecule has 0 aliphatic rings. The van der Waals surface area contributed by atoms with Crippen molar-refractivity contribution in [2.75, 3.05) is 38.7 Å². The summed E-state index contributed by atoms with van der Waals surface area (Å²) in [6.07, 6.45) is 6.77. The number of anilines is 1. The number of amides is 1. The number of aryl methyl sites for hydroxylation is 1. The molecule has 3 rings (SSSR count). The van der Waals surface area contributed by atoms with Crippen molar-refractivity contribution in [3.05, 3.63) is 53.9 Å². The summed E-state index contributed by atoms with van der Waals surface area (Å²) >= 11 is 0. The summed E-state index contributed by atoms with van der Waals surface area (Å²) in [6.45, 7) is 18.5. The van der Waals surface area contributed by atoms with Crippen molar-refractivity contribution in [2.45, 2.75) is 99.5 Å². The number of carbonyl (C=O) groups excluding carboxylic acids is 2. The molecule has 0 saturated carbocycles. The van der Waals surface area contributed by atoms with Gasteiger partial charge in [-0.2, -0.15) is 0 Å². The fourth-order valence-electron chi connectivity index (χ4n) is 4.23. The van der Waals surface area contributed by atoms with E-state index in [1.807, 2.05) is 71.8 Å². The molecule has 1 N–H and O–H groups in total. The first-order valence-electron chi connectivity index (χ1n) is 16.3. The zero-order valence-corrected chi connectivity index (χ0v) is 29.0. The lowest BCUT2D eigenvalue weighted by atomic mass is 10.1. The van der Waals surface area contributed by atoms with Gasteiger partial charge in [0.15, 0.2) is 12.1 Å². The van der Waals surface area contributed by atoms with E-state index < -0.39 is 5.60 Å². The monoisotopic (exact) mass is 610 g/mol. The molecular weight excluding hydrogens is 552 g/mol. The second kappa shape index (κ2) is 20.4. The van der Waals surface area contributed by atoms with Crippen molar-refractivity contribution < 1.29 is 19.1 Å². The van der Waals surface area contributed by atoms with Crippen molar-refractivity contribution in [3.63, 3.8) is 0 Å². The number of aromatic nitrogens is 2. The van der Waals surface area contributed by atoms with E-state index in [9.17, 15) is 9.59 Å². The number of aldehydes is 1. The minimum absolute atomic E-state index is 0.178. The van der Waals surface area contributed by atoms with Crippen LogP contribution in [0, 0.1) is 5.92 Å². The van der Waals surface area contributed by atoms with Gasteiger partial charge >= 0.3 is 6.09 Å². The van der Waals surface area contributed by atoms with E-state index in [0.29, 0.717) is 18.3 Å². The van der Waals surface area contributed by atoms with Crippen LogP contribution in [-0.2, 0) is 11.2 Å². The predicted molar refractivity (Wildman–Crippen MR) is 184 cm³/mol. The van der Waals surface area contributed by atoms with Gasteiger partial charge in [-0.25, -0.2) is 9.78 Å². The number of ether oxygens (including phenoxy) is 2. The molecule has 44 heavy (non-hydrogen) atoms. The highest BCUT2D eigenvalue weighted by molar-refractivity contribution is 5.82. The molecule has 0 fully saturated rings. The number of carbonyl (C=O) groups is 2. The molecule has 1 unspecified atom stereocenters. The minimum atomic E-state index is -0.403. The van der Waals surface area contributed by atoms with E-state index in [1.165, 1.54) is 5.56 Å². The highest BCUT2D eigenvalue weighted by atomic mass is 16.6. The first-order chi connectivity index (χ1) is 20.9. The molecule has 0 aliphatic heterocycles. The van der Waals surface area contributed by atoms with Gasteiger partial charge in [-0.3, -0.25) is 4.79 Å². The van der Waals surface area contributed by atoms with Crippen LogP contribution in [0.5, 0.6) is 5.75 Å². The second-order valence-electron chi connectivity index (χ2n) is 12.1. The summed E-state index contributed by atoms with van der Waals surface area (Å²) in [5, 5.41) is 0. The minimum Gasteiger partial charge on any atom is -0.494 e. The maximum absolute atomic E-state index is 12.0. The van der Waals surface area contributed by atoms with Gasteiger partial charge in [-0.1, -0.05) is 53.2 Å². The van der Waals surface area contributed by atoms with Crippen molar-refractivity contribution in [1.82, 2.24) is 14.9 Å². The Kier molecular flexibility index (Phi) is 17.9. The number of hydrogen-bond acceptors (Lipinski definition) is 6. The number of hydrogen-bond donors (Lipinski definition) is 1. The van der Waals surface area contributed by atoms with E-state index in [4.69, 9.17) is 9.47 Å². The second-order valence-corrected chi connectivity index (χ2v) is 12.1. The molecule has 1 aromatic heterocycles. The highest BCUT2D eigenvalue weighted by Gasteiger charge is 2.21. The van der Waals surface area contributed by atoms with Gasteiger partial charge in [0.1, 0.15) is 11.4 Å². The first kappa shape index (κ1) is 38.5. The number of fused-ring (bicyclic) bond motifs is 1. The van der Waals surface area contributed by atoms with Crippen molar-refractivity contribution in [2.24, 2.45) is 5.92 Å². The van der Waals surface area contributed by atoms with Gasteiger partial charge < -0.3 is 24.3 Å². The summed E-state index contributed by atoms with van der Waals surface area (Å²) in [5.74, 6) is 1.95. The lowest BCUT2D eigenvalue weighted by Crippen LogP contribution is -2.38. The largest absolute Gasteiger partial charge is 0.494 e. The van der Waals surface area contributed by atoms with Crippen LogP contribution in [0.1, 0.15) is 104 Å². The van der Waals surface area contributed by atoms with Crippen LogP contribution in [0.15, 0.2) is 42.5 Å². The number of H-pyrrole nitrogens is 1. The average molecular weight is 611 g/mol. The lowest BCUT2D eigenvalue weighted by molar-refractivity contribution is 0.0241. The summed E-state index contributed by atoms with van der Waals surface area (Å²) in [4.78, 5) is 33.8. The van der Waals surface area contributed by atoms with Crippen LogP contribution in [0.3, 0.4) is 0 Å². The molecule has 0 radical (unpaired) electrons. The molecule has 1 heterocycles. The Hall–Kier alpha value is -3.55. The fraction of sp³-hybridized carbons (Fsp3) is 0.583. The predicted octanol–water partition coefficient (Wildman–Crippen LogP) is 8.94. The Morgan fingerprint density at radius 3 is 2.39 bits per heavy atom. The molecule has 0 bridgehead atoms. The summed E-state index contributed by atoms with van der Waals surface area (Å²) < 4.78 is 11.2. The molecule has 246 valence electrons. The zero-order valence-electron chi connectivity index (χ0n) is 29.0. The third kappa shape index (κ3) is 14.8. The summed E-state index contributed by atoms with van der Waals surface area (Å²) in [7, 11) is 4.04. The Morgan fingerprint density at radius 1 is 1.05 bits per heavy atom. The van der Waals surface area contributed by atoms with Gasteiger partial charge in [0.2, 0.25) is 0 Å². The average Bonchev–Trinajstić information content (AvgIpc) is 3.42. The van der Waals surface area contributed by atoms with Crippen LogP contribution in [0.25, 0.3) is 11.0 Å². The normalized spacial score (nSPS) is 11.4. The summed E-state index contributed by atoms with van der Waals surface area (Å²) in [5.41, 5.74) is 3.72. The van der Waals surface area contributed by atoms with E-state index in [2.05, 4.69) is 59.9 Å². The van der Waals surface area contributed by atoms with Crippen molar-refractivity contribution in [3.8, 4) is 5.75 Å². The number of imidazole rings is 1. The number of rotatable bonds is 14. The quantitative estimate of drug-likeness (QED) is 0.145. The SMILES string of the molecule is CC.CCCN(CCC(C)CC)C(=O)OC(C)(C)C.CN(C)c1cccc(OCCCCc2ccc3nc(C=O)[nH]c3c2)c1. The molecule has 1 amide bonds. The van der Waals surface area contributed by atoms with Crippen LogP contribution in [0.2, 0.25) is 0 Å². The van der Waals surface area contributed by atoms with Crippen molar-refractivity contribution in [1.29, 1.82) is 0 Å². The standard InChI is InChI=1S/C20H23N3O2.C14H29NO2.C2H6/c1-23(2)16-7-5-8-17(13-16)25-11-4-3-6-15-9-10-18-19(12-15)22-20(14-24)21-18;1-7-10-15(11-9-12(3)8-2)13(16)17-14(4,5)6;1-2/h5,7-10,12-14H,3-4,6,11H2,1-2H3,(H,21,22);12H,7-11H2,1-6H3;1-2H3. The number of aromatic amines is 1. The van der Waals surface area contributed by atoms with Crippen LogP contribution < -0.4 is 9.64 Å². The van der Waals surface area contributed by atoms with Crippen LogP contribution in [-0.4, -0.2) is 66.6 Å². The van der Waals surface area contributed by atoms with E-state index in [1.54, 1.807) is 0 Å². The smallest absolute Gasteiger partial charge is 0.410 e.